The van der Waals surface area contributed by atoms with Crippen molar-refractivity contribution in [3.05, 3.63) is 0 Å². The van der Waals surface area contributed by atoms with Gasteiger partial charge in [-0.3, -0.25) is 4.79 Å². The summed E-state index contributed by atoms with van der Waals surface area (Å²) in [5.74, 6) is -2.64. The van der Waals surface area contributed by atoms with Crippen molar-refractivity contribution >= 4 is 18.0 Å². The largest absolute Gasteiger partial charge is 0.481 e. The Kier molecular flexibility index (Phi) is 5.56. The predicted octanol–water partition coefficient (Wildman–Crippen LogP) is -0.265. The summed E-state index contributed by atoms with van der Waals surface area (Å²) in [6.45, 7) is 0.701. The Labute approximate surface area is 110 Å². The van der Waals surface area contributed by atoms with E-state index in [1.807, 2.05) is 0 Å². The van der Waals surface area contributed by atoms with Crippen molar-refractivity contribution in [2.75, 3.05) is 20.3 Å². The van der Waals surface area contributed by atoms with Gasteiger partial charge in [0.1, 0.15) is 6.04 Å². The molecule has 19 heavy (non-hydrogen) atoms. The maximum absolute atomic E-state index is 11.9. The Hall–Kier alpha value is -1.83. The molecule has 0 aromatic heterocycles. The van der Waals surface area contributed by atoms with Crippen LogP contribution in [0.4, 0.5) is 4.79 Å². The first-order valence-electron chi connectivity index (χ1n) is 5.96. The summed E-state index contributed by atoms with van der Waals surface area (Å²) >= 11 is 0. The average molecular weight is 274 g/mol. The van der Waals surface area contributed by atoms with Gasteiger partial charge in [-0.1, -0.05) is 0 Å². The maximum atomic E-state index is 11.9. The van der Waals surface area contributed by atoms with Crippen LogP contribution in [0.1, 0.15) is 19.3 Å². The van der Waals surface area contributed by atoms with Crippen LogP contribution < -0.4 is 5.32 Å². The summed E-state index contributed by atoms with van der Waals surface area (Å²) in [4.78, 5) is 34.8. The second-order valence-electron chi connectivity index (χ2n) is 4.36. The standard InChI is InChI=1S/C11H18N2O6/c1-19-5-4-13(7-2-3-7)11(18)12-8(10(16)17)6-9(14)15/h7-8H,2-6H2,1H3,(H,12,18)(H,14,15)(H,16,17). The van der Waals surface area contributed by atoms with E-state index in [0.29, 0.717) is 13.2 Å². The molecule has 1 rings (SSSR count). The SMILES string of the molecule is COCCN(C(=O)NC(CC(=O)O)C(=O)O)C1CC1. The number of hydrogen-bond donors (Lipinski definition) is 3. The highest BCUT2D eigenvalue weighted by atomic mass is 16.5. The van der Waals surface area contributed by atoms with E-state index >= 15 is 0 Å². The number of carboxylic acid groups (broad SMARTS) is 2. The zero-order valence-corrected chi connectivity index (χ0v) is 10.7. The molecule has 108 valence electrons. The second-order valence-corrected chi connectivity index (χ2v) is 4.36. The van der Waals surface area contributed by atoms with Crippen LogP contribution in [0, 0.1) is 0 Å². The van der Waals surface area contributed by atoms with Crippen molar-refractivity contribution < 1.29 is 29.3 Å². The van der Waals surface area contributed by atoms with E-state index in [1.165, 1.54) is 12.0 Å². The number of ether oxygens (including phenoxy) is 1. The highest BCUT2D eigenvalue weighted by Crippen LogP contribution is 2.26. The van der Waals surface area contributed by atoms with Gasteiger partial charge in [-0.05, 0) is 12.8 Å². The number of hydrogen-bond acceptors (Lipinski definition) is 4. The molecule has 0 radical (unpaired) electrons. The highest BCUT2D eigenvalue weighted by molar-refractivity contribution is 5.86. The van der Waals surface area contributed by atoms with E-state index in [0.717, 1.165) is 12.8 Å². The number of rotatable bonds is 8. The summed E-state index contributed by atoms with van der Waals surface area (Å²) in [7, 11) is 1.51. The van der Waals surface area contributed by atoms with E-state index in [4.69, 9.17) is 14.9 Å². The number of carbonyl (C=O) groups is 3. The van der Waals surface area contributed by atoms with E-state index < -0.39 is 30.4 Å². The van der Waals surface area contributed by atoms with Crippen LogP contribution in [-0.4, -0.2) is 65.4 Å². The van der Waals surface area contributed by atoms with Gasteiger partial charge < -0.3 is 25.2 Å². The van der Waals surface area contributed by atoms with Crippen LogP contribution in [0.25, 0.3) is 0 Å². The summed E-state index contributed by atoms with van der Waals surface area (Å²) in [5.41, 5.74) is 0. The number of carbonyl (C=O) groups excluding carboxylic acids is 1. The van der Waals surface area contributed by atoms with Crippen LogP contribution >= 0.6 is 0 Å². The van der Waals surface area contributed by atoms with Crippen molar-refractivity contribution in [3.63, 3.8) is 0 Å². The van der Waals surface area contributed by atoms with E-state index in [2.05, 4.69) is 5.32 Å². The van der Waals surface area contributed by atoms with Crippen LogP contribution in [0.2, 0.25) is 0 Å². The lowest BCUT2D eigenvalue weighted by atomic mass is 10.2. The number of nitrogens with one attached hydrogen (secondary N) is 1. The Balaban J connectivity index is 2.57. The quantitative estimate of drug-likeness (QED) is 0.561. The molecule has 0 spiro atoms. The third kappa shape index (κ3) is 5.12. The number of carboxylic acids is 2. The first-order chi connectivity index (χ1) is 8.95. The minimum atomic E-state index is -1.42. The van der Waals surface area contributed by atoms with Gasteiger partial charge >= 0.3 is 18.0 Å². The molecular formula is C11H18N2O6. The van der Waals surface area contributed by atoms with Crippen molar-refractivity contribution in [2.24, 2.45) is 0 Å². The van der Waals surface area contributed by atoms with Gasteiger partial charge in [-0.25, -0.2) is 9.59 Å². The number of nitrogens with zero attached hydrogens (tertiary/aromatic N) is 1. The molecule has 1 aliphatic carbocycles. The number of amides is 2. The molecule has 0 heterocycles. The summed E-state index contributed by atoms with van der Waals surface area (Å²) in [6, 6.07) is -1.89. The monoisotopic (exact) mass is 274 g/mol. The van der Waals surface area contributed by atoms with Gasteiger partial charge in [0.25, 0.3) is 0 Å². The van der Waals surface area contributed by atoms with Gasteiger partial charge in [-0.15, -0.1) is 0 Å². The second kappa shape index (κ2) is 6.93. The lowest BCUT2D eigenvalue weighted by Crippen LogP contribution is -2.50. The van der Waals surface area contributed by atoms with Crippen molar-refractivity contribution in [1.82, 2.24) is 10.2 Å². The van der Waals surface area contributed by atoms with Crippen LogP contribution in [0.15, 0.2) is 0 Å². The first-order valence-corrected chi connectivity index (χ1v) is 5.96. The molecule has 8 heteroatoms. The molecule has 1 atom stereocenters. The van der Waals surface area contributed by atoms with Gasteiger partial charge in [-0.2, -0.15) is 0 Å². The molecular weight excluding hydrogens is 256 g/mol. The molecule has 1 unspecified atom stereocenters. The Bertz CT molecular complexity index is 355. The summed E-state index contributed by atoms with van der Waals surface area (Å²) < 4.78 is 4.89. The molecule has 0 bridgehead atoms. The third-order valence-corrected chi connectivity index (χ3v) is 2.76. The first kappa shape index (κ1) is 15.2. The smallest absolute Gasteiger partial charge is 0.326 e. The molecule has 0 aromatic rings. The van der Waals surface area contributed by atoms with Gasteiger partial charge in [0.15, 0.2) is 0 Å². The lowest BCUT2D eigenvalue weighted by Gasteiger charge is -2.24. The number of methoxy groups -OCH3 is 1. The minimum Gasteiger partial charge on any atom is -0.481 e. The molecule has 2 amide bonds. The zero-order chi connectivity index (χ0) is 14.4. The predicted molar refractivity (Wildman–Crippen MR) is 63.8 cm³/mol. The van der Waals surface area contributed by atoms with Gasteiger partial charge in [0.05, 0.1) is 13.0 Å². The Morgan fingerprint density at radius 1 is 1.37 bits per heavy atom. The fourth-order valence-electron chi connectivity index (χ4n) is 1.63. The van der Waals surface area contributed by atoms with Crippen molar-refractivity contribution in [2.45, 2.75) is 31.3 Å². The maximum Gasteiger partial charge on any atom is 0.326 e. The fourth-order valence-corrected chi connectivity index (χ4v) is 1.63. The third-order valence-electron chi connectivity index (χ3n) is 2.76. The molecule has 0 aromatic carbocycles. The molecule has 3 N–H and O–H groups in total. The summed E-state index contributed by atoms with van der Waals surface area (Å²) in [5, 5.41) is 19.7. The fraction of sp³-hybridized carbons (Fsp3) is 0.727. The molecule has 0 aliphatic heterocycles. The van der Waals surface area contributed by atoms with Gasteiger partial charge in [0.2, 0.25) is 0 Å². The van der Waals surface area contributed by atoms with E-state index in [1.54, 1.807) is 0 Å². The topological polar surface area (TPSA) is 116 Å². The normalized spacial score (nSPS) is 15.6. The van der Waals surface area contributed by atoms with Crippen LogP contribution in [-0.2, 0) is 14.3 Å². The average Bonchev–Trinajstić information content (AvgIpc) is 3.12. The Morgan fingerprint density at radius 2 is 2.00 bits per heavy atom. The number of urea groups is 1. The highest BCUT2D eigenvalue weighted by Gasteiger charge is 2.34. The van der Waals surface area contributed by atoms with Crippen molar-refractivity contribution in [3.8, 4) is 0 Å². The minimum absolute atomic E-state index is 0.0921. The molecule has 0 saturated heterocycles. The van der Waals surface area contributed by atoms with Gasteiger partial charge in [0, 0.05) is 19.7 Å². The molecule has 8 nitrogen and oxygen atoms in total. The summed E-state index contributed by atoms with van der Waals surface area (Å²) in [6.07, 6.45) is 1.09. The lowest BCUT2D eigenvalue weighted by molar-refractivity contribution is -0.145. The van der Waals surface area contributed by atoms with Crippen LogP contribution in [0.5, 0.6) is 0 Å². The van der Waals surface area contributed by atoms with Crippen molar-refractivity contribution in [1.29, 1.82) is 0 Å². The molecule has 1 aliphatic rings. The number of aliphatic carboxylic acids is 2. The molecule has 1 saturated carbocycles. The zero-order valence-electron chi connectivity index (χ0n) is 10.7. The Morgan fingerprint density at radius 3 is 2.42 bits per heavy atom. The van der Waals surface area contributed by atoms with E-state index in [9.17, 15) is 14.4 Å². The van der Waals surface area contributed by atoms with Crippen LogP contribution in [0.3, 0.4) is 0 Å². The van der Waals surface area contributed by atoms with E-state index in [-0.39, 0.29) is 6.04 Å². The molecule has 1 fully saturated rings.